The molecular formula is C18H19Cl2N. The van der Waals surface area contributed by atoms with Crippen molar-refractivity contribution in [2.75, 3.05) is 5.32 Å². The highest BCUT2D eigenvalue weighted by atomic mass is 35.5. The highest BCUT2D eigenvalue weighted by Crippen LogP contribution is 2.35. The largest absolute Gasteiger partial charge is 0.381 e. The Morgan fingerprint density at radius 3 is 2.29 bits per heavy atom. The number of halogens is 2. The number of hydrogen-bond donors (Lipinski definition) is 1. The summed E-state index contributed by atoms with van der Waals surface area (Å²) in [5, 5.41) is 5.01. The summed E-state index contributed by atoms with van der Waals surface area (Å²) in [6.45, 7) is 0. The average Bonchev–Trinajstić information content (AvgIpc) is 2.53. The molecule has 0 saturated heterocycles. The topological polar surface area (TPSA) is 12.0 Å². The summed E-state index contributed by atoms with van der Waals surface area (Å²) in [6.07, 6.45) is 4.78. The second-order valence-corrected chi connectivity index (χ2v) is 6.57. The Labute approximate surface area is 136 Å². The Morgan fingerprint density at radius 2 is 1.57 bits per heavy atom. The highest BCUT2D eigenvalue weighted by molar-refractivity contribution is 6.35. The molecule has 0 bridgehead atoms. The van der Waals surface area contributed by atoms with Gasteiger partial charge in [0, 0.05) is 11.1 Å². The van der Waals surface area contributed by atoms with Gasteiger partial charge in [-0.2, -0.15) is 0 Å². The van der Waals surface area contributed by atoms with Crippen molar-refractivity contribution in [3.8, 4) is 0 Å². The van der Waals surface area contributed by atoms with E-state index in [1.54, 1.807) is 0 Å². The summed E-state index contributed by atoms with van der Waals surface area (Å²) in [5.74, 6) is 0.694. The van der Waals surface area contributed by atoms with Gasteiger partial charge in [-0.15, -0.1) is 0 Å². The van der Waals surface area contributed by atoms with Gasteiger partial charge in [0.15, 0.2) is 0 Å². The predicted molar refractivity (Wildman–Crippen MR) is 91.5 cm³/mol. The van der Waals surface area contributed by atoms with Gasteiger partial charge in [-0.05, 0) is 55.4 Å². The molecule has 0 radical (unpaired) electrons. The standard InChI is InChI=1S/C18H19Cl2N/c19-15-8-11-17(20)18(12-15)21-16-9-6-14(7-10-16)13-4-2-1-3-5-13/h1-5,8,11-12,14,16,21H,6-7,9-10H2. The zero-order valence-corrected chi connectivity index (χ0v) is 13.4. The maximum absolute atomic E-state index is 6.22. The zero-order chi connectivity index (χ0) is 14.7. The van der Waals surface area contributed by atoms with Crippen LogP contribution in [0.2, 0.25) is 10.0 Å². The fourth-order valence-electron chi connectivity index (χ4n) is 3.12. The van der Waals surface area contributed by atoms with Crippen molar-refractivity contribution in [2.24, 2.45) is 0 Å². The van der Waals surface area contributed by atoms with E-state index in [4.69, 9.17) is 23.2 Å². The molecule has 1 saturated carbocycles. The molecule has 21 heavy (non-hydrogen) atoms. The molecule has 110 valence electrons. The van der Waals surface area contributed by atoms with Crippen LogP contribution in [0.4, 0.5) is 5.69 Å². The van der Waals surface area contributed by atoms with E-state index in [2.05, 4.69) is 35.6 Å². The van der Waals surface area contributed by atoms with Crippen LogP contribution in [0.3, 0.4) is 0 Å². The Morgan fingerprint density at radius 1 is 0.857 bits per heavy atom. The van der Waals surface area contributed by atoms with Gasteiger partial charge in [0.1, 0.15) is 0 Å². The Hall–Kier alpha value is -1.18. The monoisotopic (exact) mass is 319 g/mol. The van der Waals surface area contributed by atoms with E-state index in [0.29, 0.717) is 12.0 Å². The van der Waals surface area contributed by atoms with Crippen LogP contribution in [0.1, 0.15) is 37.2 Å². The fraction of sp³-hybridized carbons (Fsp3) is 0.333. The summed E-state index contributed by atoms with van der Waals surface area (Å²) in [4.78, 5) is 0. The van der Waals surface area contributed by atoms with Crippen molar-refractivity contribution in [2.45, 2.75) is 37.6 Å². The molecule has 0 atom stereocenters. The molecule has 0 aromatic heterocycles. The van der Waals surface area contributed by atoms with Crippen LogP contribution in [0.25, 0.3) is 0 Å². The van der Waals surface area contributed by atoms with Gasteiger partial charge >= 0.3 is 0 Å². The van der Waals surface area contributed by atoms with Crippen molar-refractivity contribution >= 4 is 28.9 Å². The molecule has 1 nitrogen and oxygen atoms in total. The van der Waals surface area contributed by atoms with Crippen LogP contribution in [-0.4, -0.2) is 6.04 Å². The van der Waals surface area contributed by atoms with E-state index in [1.165, 1.54) is 31.2 Å². The van der Waals surface area contributed by atoms with Crippen LogP contribution >= 0.6 is 23.2 Å². The molecule has 1 fully saturated rings. The number of rotatable bonds is 3. The van der Waals surface area contributed by atoms with Gasteiger partial charge in [-0.1, -0.05) is 53.5 Å². The van der Waals surface area contributed by atoms with E-state index in [9.17, 15) is 0 Å². The molecule has 1 aliphatic carbocycles. The fourth-order valence-corrected chi connectivity index (χ4v) is 3.47. The minimum atomic E-state index is 0.487. The van der Waals surface area contributed by atoms with Crippen molar-refractivity contribution in [1.29, 1.82) is 0 Å². The molecule has 1 aliphatic rings. The molecular weight excluding hydrogens is 301 g/mol. The highest BCUT2D eigenvalue weighted by Gasteiger charge is 2.22. The normalized spacial score (nSPS) is 22.0. The molecule has 3 rings (SSSR count). The summed E-state index contributed by atoms with van der Waals surface area (Å²) in [7, 11) is 0. The lowest BCUT2D eigenvalue weighted by molar-refractivity contribution is 0.412. The summed E-state index contributed by atoms with van der Waals surface area (Å²) < 4.78 is 0. The summed E-state index contributed by atoms with van der Waals surface area (Å²) >= 11 is 12.3. The third-order valence-corrected chi connectivity index (χ3v) is 4.85. The number of anilines is 1. The molecule has 0 amide bonds. The first kappa shape index (κ1) is 14.7. The maximum atomic E-state index is 6.22. The van der Waals surface area contributed by atoms with Gasteiger partial charge in [-0.3, -0.25) is 0 Å². The number of nitrogens with one attached hydrogen (secondary N) is 1. The molecule has 0 aliphatic heterocycles. The molecule has 2 aromatic carbocycles. The first-order valence-corrected chi connectivity index (χ1v) is 8.24. The van der Waals surface area contributed by atoms with Crippen molar-refractivity contribution < 1.29 is 0 Å². The van der Waals surface area contributed by atoms with E-state index in [-0.39, 0.29) is 0 Å². The van der Waals surface area contributed by atoms with Crippen LogP contribution < -0.4 is 5.32 Å². The first-order valence-electron chi connectivity index (χ1n) is 7.49. The van der Waals surface area contributed by atoms with Gasteiger partial charge in [-0.25, -0.2) is 0 Å². The van der Waals surface area contributed by atoms with Crippen LogP contribution in [0.5, 0.6) is 0 Å². The minimum Gasteiger partial charge on any atom is -0.381 e. The van der Waals surface area contributed by atoms with E-state index < -0.39 is 0 Å². The Bertz CT molecular complexity index is 589. The molecule has 2 aromatic rings. The SMILES string of the molecule is Clc1ccc(Cl)c(NC2CCC(c3ccccc3)CC2)c1. The zero-order valence-electron chi connectivity index (χ0n) is 11.9. The van der Waals surface area contributed by atoms with Crippen LogP contribution in [0.15, 0.2) is 48.5 Å². The van der Waals surface area contributed by atoms with Crippen LogP contribution in [-0.2, 0) is 0 Å². The van der Waals surface area contributed by atoms with Crippen LogP contribution in [0, 0.1) is 0 Å². The lowest BCUT2D eigenvalue weighted by Crippen LogP contribution is -2.25. The molecule has 1 N–H and O–H groups in total. The smallest absolute Gasteiger partial charge is 0.0638 e. The molecule has 0 unspecified atom stereocenters. The number of benzene rings is 2. The van der Waals surface area contributed by atoms with Gasteiger partial charge in [0.05, 0.1) is 10.7 Å². The third-order valence-electron chi connectivity index (χ3n) is 4.29. The maximum Gasteiger partial charge on any atom is 0.0638 e. The number of hydrogen-bond acceptors (Lipinski definition) is 1. The second-order valence-electron chi connectivity index (χ2n) is 5.73. The quantitative estimate of drug-likeness (QED) is 0.717. The first-order chi connectivity index (χ1) is 10.2. The second kappa shape index (κ2) is 6.72. The average molecular weight is 320 g/mol. The Balaban J connectivity index is 1.60. The van der Waals surface area contributed by atoms with E-state index in [1.807, 2.05) is 18.2 Å². The molecule has 3 heteroatoms. The predicted octanol–water partition coefficient (Wildman–Crippen LogP) is 6.13. The lowest BCUT2D eigenvalue weighted by atomic mass is 9.82. The molecule has 0 heterocycles. The third kappa shape index (κ3) is 3.72. The van der Waals surface area contributed by atoms with Crippen molar-refractivity contribution in [3.63, 3.8) is 0 Å². The van der Waals surface area contributed by atoms with E-state index >= 15 is 0 Å². The van der Waals surface area contributed by atoms with Gasteiger partial charge < -0.3 is 5.32 Å². The minimum absolute atomic E-state index is 0.487. The molecule has 0 spiro atoms. The lowest BCUT2D eigenvalue weighted by Gasteiger charge is -2.30. The van der Waals surface area contributed by atoms with Crippen molar-refractivity contribution in [1.82, 2.24) is 0 Å². The van der Waals surface area contributed by atoms with E-state index in [0.717, 1.165) is 15.7 Å². The van der Waals surface area contributed by atoms with Gasteiger partial charge in [0.25, 0.3) is 0 Å². The summed E-state index contributed by atoms with van der Waals surface area (Å²) in [6, 6.07) is 16.9. The van der Waals surface area contributed by atoms with Crippen molar-refractivity contribution in [3.05, 3.63) is 64.1 Å². The van der Waals surface area contributed by atoms with Gasteiger partial charge in [0.2, 0.25) is 0 Å². The Kier molecular flexibility index (Phi) is 4.72. The summed E-state index contributed by atoms with van der Waals surface area (Å²) in [5.41, 5.74) is 2.42.